The Morgan fingerprint density at radius 1 is 1.33 bits per heavy atom. The first-order valence-corrected chi connectivity index (χ1v) is 6.78. The smallest absolute Gasteiger partial charge is 0.0766 e. The lowest BCUT2D eigenvalue weighted by Gasteiger charge is -2.27. The van der Waals surface area contributed by atoms with Gasteiger partial charge < -0.3 is 15.5 Å². The zero-order chi connectivity index (χ0) is 11.7. The highest BCUT2D eigenvalue weighted by molar-refractivity contribution is 7.99. The lowest BCUT2D eigenvalue weighted by Crippen LogP contribution is -2.42. The molecule has 4 heteroatoms. The summed E-state index contributed by atoms with van der Waals surface area (Å²) in [6.45, 7) is 7.76. The van der Waals surface area contributed by atoms with Crippen molar-refractivity contribution in [3.63, 3.8) is 0 Å². The topological polar surface area (TPSA) is 52.5 Å². The molecule has 0 heterocycles. The quantitative estimate of drug-likeness (QED) is 0.524. The first kappa shape index (κ1) is 15.2. The molecule has 1 unspecified atom stereocenters. The molecule has 15 heavy (non-hydrogen) atoms. The van der Waals surface area contributed by atoms with E-state index in [1.165, 1.54) is 0 Å². The zero-order valence-corrected chi connectivity index (χ0v) is 10.9. The van der Waals surface area contributed by atoms with Gasteiger partial charge in [-0.15, -0.1) is 0 Å². The summed E-state index contributed by atoms with van der Waals surface area (Å²) in [5, 5.41) is 21.8. The summed E-state index contributed by atoms with van der Waals surface area (Å²) in [6, 6.07) is 0. The number of rotatable bonds is 9. The van der Waals surface area contributed by atoms with Crippen LogP contribution >= 0.6 is 11.8 Å². The van der Waals surface area contributed by atoms with E-state index in [4.69, 9.17) is 5.11 Å². The summed E-state index contributed by atoms with van der Waals surface area (Å²) in [5.74, 6) is 2.32. The van der Waals surface area contributed by atoms with E-state index in [9.17, 15) is 5.11 Å². The molecule has 0 rings (SSSR count). The molecule has 0 aliphatic carbocycles. The van der Waals surface area contributed by atoms with Crippen LogP contribution in [0.3, 0.4) is 0 Å². The van der Waals surface area contributed by atoms with Gasteiger partial charge in [0.05, 0.1) is 5.60 Å². The van der Waals surface area contributed by atoms with Gasteiger partial charge in [0.25, 0.3) is 0 Å². The Bertz CT molecular complexity index is 152. The summed E-state index contributed by atoms with van der Waals surface area (Å²) in [7, 11) is 0. The van der Waals surface area contributed by atoms with Crippen molar-refractivity contribution in [1.29, 1.82) is 0 Å². The third-order valence-corrected chi connectivity index (χ3v) is 3.67. The van der Waals surface area contributed by atoms with Crippen LogP contribution in [0.1, 0.15) is 27.2 Å². The number of hydrogen-bond acceptors (Lipinski definition) is 4. The number of thioether (sulfide) groups is 1. The van der Waals surface area contributed by atoms with Gasteiger partial charge in [-0.25, -0.2) is 0 Å². The van der Waals surface area contributed by atoms with Gasteiger partial charge in [0.15, 0.2) is 0 Å². The van der Waals surface area contributed by atoms with Crippen LogP contribution in [0.25, 0.3) is 0 Å². The monoisotopic (exact) mass is 235 g/mol. The molecule has 0 aromatic heterocycles. The standard InChI is InChI=1S/C11H25NO2S/c1-10(2)11(3,14)9-12-5-8-15-7-4-6-13/h10,12-14H,4-9H2,1-3H3. The lowest BCUT2D eigenvalue weighted by atomic mass is 9.93. The summed E-state index contributed by atoms with van der Waals surface area (Å²) in [6.07, 6.45) is 0.869. The van der Waals surface area contributed by atoms with Crippen LogP contribution in [0.4, 0.5) is 0 Å². The minimum absolute atomic E-state index is 0.270. The van der Waals surface area contributed by atoms with Crippen molar-refractivity contribution in [2.45, 2.75) is 32.8 Å². The predicted octanol–water partition coefficient (Wildman–Crippen LogP) is 1.10. The molecule has 0 aliphatic heterocycles. The van der Waals surface area contributed by atoms with E-state index in [-0.39, 0.29) is 12.5 Å². The molecular formula is C11H25NO2S. The summed E-state index contributed by atoms with van der Waals surface area (Å²) in [5.41, 5.74) is -0.615. The van der Waals surface area contributed by atoms with Crippen LogP contribution in [0.2, 0.25) is 0 Å². The van der Waals surface area contributed by atoms with Gasteiger partial charge in [0.1, 0.15) is 0 Å². The van der Waals surface area contributed by atoms with Gasteiger partial charge in [0.2, 0.25) is 0 Å². The van der Waals surface area contributed by atoms with E-state index in [1.54, 1.807) is 0 Å². The molecule has 0 amide bonds. The number of hydrogen-bond donors (Lipinski definition) is 3. The van der Waals surface area contributed by atoms with Crippen molar-refractivity contribution < 1.29 is 10.2 Å². The van der Waals surface area contributed by atoms with Crippen LogP contribution < -0.4 is 5.32 Å². The fourth-order valence-corrected chi connectivity index (χ4v) is 1.78. The SMILES string of the molecule is CC(C)C(C)(O)CNCCSCCCO. The molecule has 0 aliphatic rings. The normalized spacial score (nSPS) is 15.6. The molecule has 0 fully saturated rings. The van der Waals surface area contributed by atoms with E-state index in [1.807, 2.05) is 32.5 Å². The first-order valence-electron chi connectivity index (χ1n) is 5.62. The molecule has 92 valence electrons. The average molecular weight is 235 g/mol. The number of aliphatic hydroxyl groups excluding tert-OH is 1. The molecule has 0 aromatic carbocycles. The molecule has 3 nitrogen and oxygen atoms in total. The Morgan fingerprint density at radius 3 is 2.53 bits per heavy atom. The van der Waals surface area contributed by atoms with E-state index in [0.29, 0.717) is 6.54 Å². The molecule has 1 atom stereocenters. The maximum absolute atomic E-state index is 9.93. The minimum atomic E-state index is -0.615. The van der Waals surface area contributed by atoms with Crippen molar-refractivity contribution in [3.05, 3.63) is 0 Å². The molecule has 3 N–H and O–H groups in total. The van der Waals surface area contributed by atoms with Crippen LogP contribution in [0.15, 0.2) is 0 Å². The highest BCUT2D eigenvalue weighted by Crippen LogP contribution is 2.14. The molecular weight excluding hydrogens is 210 g/mol. The highest BCUT2D eigenvalue weighted by Gasteiger charge is 2.23. The summed E-state index contributed by atoms with van der Waals surface area (Å²) in [4.78, 5) is 0. The minimum Gasteiger partial charge on any atom is -0.396 e. The highest BCUT2D eigenvalue weighted by atomic mass is 32.2. The fourth-order valence-electron chi connectivity index (χ4n) is 0.959. The fraction of sp³-hybridized carbons (Fsp3) is 1.00. The molecule has 0 radical (unpaired) electrons. The largest absolute Gasteiger partial charge is 0.396 e. The van der Waals surface area contributed by atoms with Crippen LogP contribution in [0.5, 0.6) is 0 Å². The van der Waals surface area contributed by atoms with Crippen molar-refractivity contribution in [3.8, 4) is 0 Å². The Labute approximate surface area is 97.7 Å². The second-order valence-corrected chi connectivity index (χ2v) is 5.60. The summed E-state index contributed by atoms with van der Waals surface area (Å²) < 4.78 is 0. The van der Waals surface area contributed by atoms with E-state index >= 15 is 0 Å². The molecule has 0 saturated carbocycles. The lowest BCUT2D eigenvalue weighted by molar-refractivity contribution is 0.0148. The molecule has 0 bridgehead atoms. The first-order chi connectivity index (χ1) is 7.00. The maximum Gasteiger partial charge on any atom is 0.0766 e. The van der Waals surface area contributed by atoms with E-state index < -0.39 is 5.60 Å². The second kappa shape index (κ2) is 8.39. The predicted molar refractivity (Wildman–Crippen MR) is 67.4 cm³/mol. The molecule has 0 aromatic rings. The van der Waals surface area contributed by atoms with Crippen molar-refractivity contribution >= 4 is 11.8 Å². The van der Waals surface area contributed by atoms with Gasteiger partial charge >= 0.3 is 0 Å². The molecule has 0 saturated heterocycles. The zero-order valence-electron chi connectivity index (χ0n) is 10.1. The molecule has 0 spiro atoms. The number of nitrogens with one attached hydrogen (secondary N) is 1. The second-order valence-electron chi connectivity index (χ2n) is 4.38. The number of aliphatic hydroxyl groups is 2. The Morgan fingerprint density at radius 2 is 2.00 bits per heavy atom. The van der Waals surface area contributed by atoms with Crippen molar-refractivity contribution in [2.75, 3.05) is 31.2 Å². The van der Waals surface area contributed by atoms with Crippen LogP contribution in [-0.4, -0.2) is 47.0 Å². The van der Waals surface area contributed by atoms with Gasteiger partial charge in [-0.2, -0.15) is 11.8 Å². The Balaban J connectivity index is 3.31. The third kappa shape index (κ3) is 8.08. The van der Waals surface area contributed by atoms with Crippen molar-refractivity contribution in [2.24, 2.45) is 5.92 Å². The Kier molecular flexibility index (Phi) is 8.52. The van der Waals surface area contributed by atoms with Gasteiger partial charge in [-0.05, 0) is 25.0 Å². The van der Waals surface area contributed by atoms with E-state index in [2.05, 4.69) is 5.32 Å². The van der Waals surface area contributed by atoms with Crippen LogP contribution in [0, 0.1) is 5.92 Å². The van der Waals surface area contributed by atoms with Gasteiger partial charge in [0, 0.05) is 25.4 Å². The average Bonchev–Trinajstić information content (AvgIpc) is 2.16. The maximum atomic E-state index is 9.93. The van der Waals surface area contributed by atoms with Crippen molar-refractivity contribution in [1.82, 2.24) is 5.32 Å². The summed E-state index contributed by atoms with van der Waals surface area (Å²) >= 11 is 1.83. The van der Waals surface area contributed by atoms with Crippen LogP contribution in [-0.2, 0) is 0 Å². The van der Waals surface area contributed by atoms with E-state index in [0.717, 1.165) is 24.5 Å². The van der Waals surface area contributed by atoms with Gasteiger partial charge in [-0.1, -0.05) is 13.8 Å². The third-order valence-electron chi connectivity index (χ3n) is 2.60. The Hall–Kier alpha value is 0.230. The van der Waals surface area contributed by atoms with Gasteiger partial charge in [-0.3, -0.25) is 0 Å².